The number of fused-ring (bicyclic) bond motifs is 3. The lowest BCUT2D eigenvalue weighted by atomic mass is 9.91. The smallest absolute Gasteiger partial charge is 0.410 e. The molecule has 4 heterocycles. The quantitative estimate of drug-likeness (QED) is 0.849. The van der Waals surface area contributed by atoms with Crippen molar-refractivity contribution in [2.75, 3.05) is 29.9 Å². The van der Waals surface area contributed by atoms with Gasteiger partial charge in [0.1, 0.15) is 11.4 Å². The summed E-state index contributed by atoms with van der Waals surface area (Å²) < 4.78 is 5.68. The first-order valence-corrected chi connectivity index (χ1v) is 9.40. The Bertz CT molecular complexity index is 656. The van der Waals surface area contributed by atoms with E-state index < -0.39 is 5.60 Å². The van der Waals surface area contributed by atoms with E-state index in [0.29, 0.717) is 0 Å². The molecule has 4 rings (SSSR count). The lowest BCUT2D eigenvalue weighted by Crippen LogP contribution is -2.63. The van der Waals surface area contributed by atoms with E-state index in [4.69, 9.17) is 4.74 Å². The van der Waals surface area contributed by atoms with E-state index in [1.807, 2.05) is 31.9 Å². The van der Waals surface area contributed by atoms with E-state index in [-0.39, 0.29) is 18.2 Å². The molecule has 1 amide bonds. The number of amides is 1. The van der Waals surface area contributed by atoms with Gasteiger partial charge in [-0.1, -0.05) is 0 Å². The molecule has 1 N–H and O–H groups in total. The number of piperidine rings is 1. The van der Waals surface area contributed by atoms with Gasteiger partial charge < -0.3 is 15.0 Å². The minimum Gasteiger partial charge on any atom is -0.444 e. The van der Waals surface area contributed by atoms with Crippen molar-refractivity contribution in [3.63, 3.8) is 0 Å². The molecule has 0 radical (unpaired) electrons. The molecule has 2 saturated heterocycles. The molecule has 0 spiro atoms. The molecule has 0 saturated carbocycles. The van der Waals surface area contributed by atoms with Gasteiger partial charge in [0.2, 0.25) is 0 Å². The number of rotatable bonds is 1. The van der Waals surface area contributed by atoms with Gasteiger partial charge in [0, 0.05) is 37.1 Å². The number of nitrogens with zero attached hydrogens (tertiary/aromatic N) is 3. The molecule has 25 heavy (non-hydrogen) atoms. The normalized spacial score (nSPS) is 25.4. The van der Waals surface area contributed by atoms with Crippen LogP contribution in [0.2, 0.25) is 0 Å². The highest BCUT2D eigenvalue weighted by atomic mass is 16.6. The van der Waals surface area contributed by atoms with Crippen LogP contribution in [0.15, 0.2) is 12.3 Å². The molecule has 2 bridgehead atoms. The van der Waals surface area contributed by atoms with Crippen LogP contribution in [0.25, 0.3) is 0 Å². The van der Waals surface area contributed by atoms with Gasteiger partial charge in [-0.2, -0.15) is 0 Å². The molecule has 2 atom stereocenters. The first-order valence-electron chi connectivity index (χ1n) is 9.40. The van der Waals surface area contributed by atoms with Crippen molar-refractivity contribution in [1.29, 1.82) is 0 Å². The second-order valence-electron chi connectivity index (χ2n) is 8.37. The summed E-state index contributed by atoms with van der Waals surface area (Å²) in [5.74, 6) is 1.03. The molecule has 3 aliphatic rings. The summed E-state index contributed by atoms with van der Waals surface area (Å²) in [6.45, 7) is 8.53. The number of carbonyl (C=O) groups excluding carboxylic acids is 1. The highest BCUT2D eigenvalue weighted by Gasteiger charge is 2.42. The summed E-state index contributed by atoms with van der Waals surface area (Å²) in [7, 11) is 0. The maximum absolute atomic E-state index is 12.7. The Morgan fingerprint density at radius 3 is 2.68 bits per heavy atom. The Kier molecular flexibility index (Phi) is 4.01. The predicted molar refractivity (Wildman–Crippen MR) is 98.1 cm³/mol. The van der Waals surface area contributed by atoms with Gasteiger partial charge in [-0.25, -0.2) is 9.78 Å². The highest BCUT2D eigenvalue weighted by Crippen LogP contribution is 2.36. The summed E-state index contributed by atoms with van der Waals surface area (Å²) in [4.78, 5) is 21.7. The Morgan fingerprint density at radius 1 is 1.28 bits per heavy atom. The molecular weight excluding hydrogens is 316 g/mol. The summed E-state index contributed by atoms with van der Waals surface area (Å²) >= 11 is 0. The number of hydrogen-bond donors (Lipinski definition) is 1. The molecular formula is C19H28N4O2. The minimum absolute atomic E-state index is 0.150. The van der Waals surface area contributed by atoms with Crippen molar-refractivity contribution in [2.45, 2.75) is 64.1 Å². The number of nitrogens with one attached hydrogen (secondary N) is 1. The zero-order chi connectivity index (χ0) is 17.6. The van der Waals surface area contributed by atoms with Crippen LogP contribution in [0.3, 0.4) is 0 Å². The summed E-state index contributed by atoms with van der Waals surface area (Å²) in [6, 6.07) is 2.60. The van der Waals surface area contributed by atoms with Crippen LogP contribution in [-0.4, -0.2) is 53.3 Å². The molecule has 136 valence electrons. The Labute approximate surface area is 149 Å². The second-order valence-corrected chi connectivity index (χ2v) is 8.37. The molecule has 0 aromatic carbocycles. The zero-order valence-corrected chi connectivity index (χ0v) is 15.4. The third-order valence-electron chi connectivity index (χ3n) is 5.37. The molecule has 6 nitrogen and oxygen atoms in total. The standard InChI is InChI=1S/C19H28N4O2/c1-19(2,3)25-18(24)23-13-5-4-6-14(23)12-22(11-13)16-8-10-21-17-15(16)7-9-20-17/h8,10,13-14H,4-7,9,11-12H2,1-3H3,(H,20,21). The fraction of sp³-hybridized carbons (Fsp3) is 0.684. The van der Waals surface area contributed by atoms with Crippen LogP contribution >= 0.6 is 0 Å². The van der Waals surface area contributed by atoms with Crippen molar-refractivity contribution >= 4 is 17.6 Å². The maximum Gasteiger partial charge on any atom is 0.410 e. The third-order valence-corrected chi connectivity index (χ3v) is 5.37. The number of aromatic nitrogens is 1. The van der Waals surface area contributed by atoms with Crippen molar-refractivity contribution < 1.29 is 9.53 Å². The molecule has 1 aromatic rings. The number of carbonyl (C=O) groups is 1. The predicted octanol–water partition coefficient (Wildman–Crippen LogP) is 3.03. The molecule has 2 fully saturated rings. The number of pyridine rings is 1. The number of ether oxygens (including phenoxy) is 1. The fourth-order valence-corrected chi connectivity index (χ4v) is 4.40. The van der Waals surface area contributed by atoms with Crippen molar-refractivity contribution in [1.82, 2.24) is 9.88 Å². The summed E-state index contributed by atoms with van der Waals surface area (Å²) in [6.07, 6.45) is 6.07. The topological polar surface area (TPSA) is 57.7 Å². The van der Waals surface area contributed by atoms with Gasteiger partial charge in [0.05, 0.1) is 12.1 Å². The first-order chi connectivity index (χ1) is 11.9. The van der Waals surface area contributed by atoms with Gasteiger partial charge in [-0.3, -0.25) is 4.90 Å². The van der Waals surface area contributed by atoms with E-state index >= 15 is 0 Å². The van der Waals surface area contributed by atoms with Crippen LogP contribution in [0.1, 0.15) is 45.6 Å². The molecule has 3 aliphatic heterocycles. The molecule has 0 aliphatic carbocycles. The Balaban J connectivity index is 1.56. The second kappa shape index (κ2) is 6.07. The van der Waals surface area contributed by atoms with E-state index in [1.165, 1.54) is 17.7 Å². The van der Waals surface area contributed by atoms with Crippen molar-refractivity contribution in [3.8, 4) is 0 Å². The van der Waals surface area contributed by atoms with E-state index in [9.17, 15) is 4.79 Å². The molecule has 2 unspecified atom stereocenters. The van der Waals surface area contributed by atoms with Crippen molar-refractivity contribution in [3.05, 3.63) is 17.8 Å². The average molecular weight is 344 g/mol. The van der Waals surface area contributed by atoms with E-state index in [0.717, 1.165) is 44.7 Å². The molecule has 6 heteroatoms. The van der Waals surface area contributed by atoms with E-state index in [1.54, 1.807) is 0 Å². The van der Waals surface area contributed by atoms with Crippen LogP contribution in [0, 0.1) is 0 Å². The third kappa shape index (κ3) is 3.14. The van der Waals surface area contributed by atoms with Gasteiger partial charge in [-0.05, 0) is 52.5 Å². The fourth-order valence-electron chi connectivity index (χ4n) is 4.40. The van der Waals surface area contributed by atoms with Crippen molar-refractivity contribution in [2.24, 2.45) is 0 Å². The lowest BCUT2D eigenvalue weighted by Gasteiger charge is -2.50. The first kappa shape index (κ1) is 16.5. The summed E-state index contributed by atoms with van der Waals surface area (Å²) in [5, 5.41) is 3.36. The van der Waals surface area contributed by atoms with Gasteiger partial charge in [0.15, 0.2) is 0 Å². The number of piperazine rings is 1. The SMILES string of the molecule is CC(C)(C)OC(=O)N1C2CCCC1CN(c1ccnc3c1CCN3)C2. The number of anilines is 2. The van der Waals surface area contributed by atoms with Gasteiger partial charge in [0.25, 0.3) is 0 Å². The van der Waals surface area contributed by atoms with Gasteiger partial charge >= 0.3 is 6.09 Å². The largest absolute Gasteiger partial charge is 0.444 e. The average Bonchev–Trinajstić information content (AvgIpc) is 3.00. The van der Waals surface area contributed by atoms with Crippen LogP contribution < -0.4 is 10.2 Å². The maximum atomic E-state index is 12.7. The minimum atomic E-state index is -0.444. The van der Waals surface area contributed by atoms with Crippen LogP contribution in [0.4, 0.5) is 16.3 Å². The van der Waals surface area contributed by atoms with E-state index in [2.05, 4.69) is 21.3 Å². The Hall–Kier alpha value is -1.98. The summed E-state index contributed by atoms with van der Waals surface area (Å²) in [5.41, 5.74) is 2.17. The highest BCUT2D eigenvalue weighted by molar-refractivity contribution is 5.71. The van der Waals surface area contributed by atoms with Gasteiger partial charge in [-0.15, -0.1) is 0 Å². The zero-order valence-electron chi connectivity index (χ0n) is 15.4. The molecule has 1 aromatic heterocycles. The monoisotopic (exact) mass is 344 g/mol. The lowest BCUT2D eigenvalue weighted by molar-refractivity contribution is -0.00970. The Morgan fingerprint density at radius 2 is 2.00 bits per heavy atom. The van der Waals surface area contributed by atoms with Crippen LogP contribution in [-0.2, 0) is 11.2 Å². The van der Waals surface area contributed by atoms with Crippen LogP contribution in [0.5, 0.6) is 0 Å². The number of hydrogen-bond acceptors (Lipinski definition) is 5.